The smallest absolute Gasteiger partial charge is 0.0991 e. The lowest BCUT2D eigenvalue weighted by Crippen LogP contribution is -1.99. The number of nitriles is 2. The second kappa shape index (κ2) is 9.24. The van der Waals surface area contributed by atoms with Crippen molar-refractivity contribution in [2.75, 3.05) is 0 Å². The van der Waals surface area contributed by atoms with Crippen molar-refractivity contribution >= 4 is 43.6 Å². The second-order valence-electron chi connectivity index (χ2n) is 10.5. The van der Waals surface area contributed by atoms with Crippen LogP contribution in [0.5, 0.6) is 0 Å². The van der Waals surface area contributed by atoms with Crippen molar-refractivity contribution in [3.05, 3.63) is 145 Å². The van der Waals surface area contributed by atoms with Gasteiger partial charge in [-0.25, -0.2) is 0 Å². The second-order valence-corrected chi connectivity index (χ2v) is 10.5. The van der Waals surface area contributed by atoms with E-state index in [2.05, 4.69) is 106 Å². The van der Waals surface area contributed by atoms with Crippen LogP contribution >= 0.6 is 0 Å². The van der Waals surface area contributed by atoms with E-state index in [1.165, 1.54) is 10.8 Å². The van der Waals surface area contributed by atoms with E-state index in [-0.39, 0.29) is 0 Å². The molecule has 0 spiro atoms. The highest BCUT2D eigenvalue weighted by molar-refractivity contribution is 6.12. The first-order valence-electron chi connectivity index (χ1n) is 13.8. The van der Waals surface area contributed by atoms with Crippen LogP contribution in [0.1, 0.15) is 11.1 Å². The van der Waals surface area contributed by atoms with Crippen molar-refractivity contribution in [1.29, 1.82) is 10.5 Å². The summed E-state index contributed by atoms with van der Waals surface area (Å²) in [6.45, 7) is 0. The summed E-state index contributed by atoms with van der Waals surface area (Å²) in [5, 5.41) is 23.5. The normalized spacial score (nSPS) is 11.3. The molecule has 0 fully saturated rings. The molecule has 0 saturated carbocycles. The lowest BCUT2D eigenvalue weighted by Gasteiger charge is -2.15. The number of hydrogen-bond donors (Lipinski definition) is 0. The Morgan fingerprint density at radius 3 is 1.79 bits per heavy atom. The summed E-state index contributed by atoms with van der Waals surface area (Å²) in [7, 11) is 0. The van der Waals surface area contributed by atoms with Crippen molar-refractivity contribution in [2.45, 2.75) is 0 Å². The van der Waals surface area contributed by atoms with Crippen LogP contribution < -0.4 is 0 Å². The minimum atomic E-state index is 0.644. The molecule has 0 aliphatic carbocycles. The summed E-state index contributed by atoms with van der Waals surface area (Å²) in [4.78, 5) is 0. The first kappa shape index (κ1) is 23.8. The number of nitrogens with zero attached hydrogens (tertiary/aromatic N) is 4. The van der Waals surface area contributed by atoms with Crippen LogP contribution in [0.2, 0.25) is 0 Å². The largest absolute Gasteiger partial charge is 0.309 e. The lowest BCUT2D eigenvalue weighted by molar-refractivity contribution is 1.16. The Morgan fingerprint density at radius 2 is 1.02 bits per heavy atom. The molecule has 0 saturated heterocycles. The van der Waals surface area contributed by atoms with Crippen molar-refractivity contribution in [3.8, 4) is 34.6 Å². The van der Waals surface area contributed by atoms with Gasteiger partial charge in [0.2, 0.25) is 0 Å². The van der Waals surface area contributed by atoms with Gasteiger partial charge in [0.05, 0.1) is 51.0 Å². The predicted octanol–water partition coefficient (Wildman–Crippen LogP) is 9.29. The standard InChI is InChI=1S/C38H22N4/c39-23-25-13-16-27(17-14-25)29-7-1-4-10-34(29)42-36-12-6-2-8-30(36)32-19-18-28(22-38(32)42)41-35-11-5-3-9-31(35)33-21-26(24-40)15-20-37(33)41/h1-22H. The number of para-hydroxylation sites is 3. The molecule has 0 aliphatic rings. The maximum atomic E-state index is 9.58. The lowest BCUT2D eigenvalue weighted by atomic mass is 10.0. The van der Waals surface area contributed by atoms with Crippen LogP contribution in [0.15, 0.2) is 133 Å². The van der Waals surface area contributed by atoms with E-state index in [9.17, 15) is 10.5 Å². The van der Waals surface area contributed by atoms with Gasteiger partial charge in [0.15, 0.2) is 0 Å². The third-order valence-corrected chi connectivity index (χ3v) is 8.19. The fourth-order valence-electron chi connectivity index (χ4n) is 6.32. The van der Waals surface area contributed by atoms with E-state index in [0.29, 0.717) is 11.1 Å². The number of fused-ring (bicyclic) bond motifs is 6. The maximum absolute atomic E-state index is 9.58. The van der Waals surface area contributed by atoms with Gasteiger partial charge >= 0.3 is 0 Å². The maximum Gasteiger partial charge on any atom is 0.0991 e. The van der Waals surface area contributed by atoms with Crippen LogP contribution in [0, 0.1) is 22.7 Å². The fraction of sp³-hybridized carbons (Fsp3) is 0. The van der Waals surface area contributed by atoms with E-state index in [1.807, 2.05) is 48.5 Å². The molecular formula is C38H22N4. The molecule has 2 heterocycles. The molecule has 42 heavy (non-hydrogen) atoms. The molecule has 6 aromatic carbocycles. The third kappa shape index (κ3) is 3.47. The van der Waals surface area contributed by atoms with Crippen LogP contribution in [0.25, 0.3) is 66.1 Å². The molecular weight excluding hydrogens is 512 g/mol. The zero-order chi connectivity index (χ0) is 28.2. The van der Waals surface area contributed by atoms with E-state index in [0.717, 1.165) is 55.3 Å². The highest BCUT2D eigenvalue weighted by Gasteiger charge is 2.18. The molecule has 8 rings (SSSR count). The molecule has 8 aromatic rings. The van der Waals surface area contributed by atoms with Crippen molar-refractivity contribution in [3.63, 3.8) is 0 Å². The van der Waals surface area contributed by atoms with Gasteiger partial charge in [-0.05, 0) is 66.2 Å². The van der Waals surface area contributed by atoms with E-state index >= 15 is 0 Å². The van der Waals surface area contributed by atoms with Gasteiger partial charge in [0.1, 0.15) is 0 Å². The Labute approximate surface area is 242 Å². The van der Waals surface area contributed by atoms with Gasteiger partial charge in [-0.2, -0.15) is 10.5 Å². The summed E-state index contributed by atoms with van der Waals surface area (Å²) in [5.41, 5.74) is 9.98. The van der Waals surface area contributed by atoms with Gasteiger partial charge < -0.3 is 9.13 Å². The molecule has 194 valence electrons. The average molecular weight is 535 g/mol. The van der Waals surface area contributed by atoms with Crippen molar-refractivity contribution in [2.24, 2.45) is 0 Å². The van der Waals surface area contributed by atoms with Crippen LogP contribution in [-0.4, -0.2) is 9.13 Å². The van der Waals surface area contributed by atoms with Gasteiger partial charge in [-0.1, -0.05) is 72.8 Å². The van der Waals surface area contributed by atoms with Gasteiger partial charge in [-0.15, -0.1) is 0 Å². The Bertz CT molecular complexity index is 2430. The van der Waals surface area contributed by atoms with Gasteiger partial charge in [-0.3, -0.25) is 0 Å². The SMILES string of the molecule is N#Cc1ccc(-c2ccccc2-n2c3ccccc3c3ccc(-n4c5ccccc5c5cc(C#N)ccc54)cc32)cc1. The number of aromatic nitrogens is 2. The summed E-state index contributed by atoms with van der Waals surface area (Å²) >= 11 is 0. The summed E-state index contributed by atoms with van der Waals surface area (Å²) < 4.78 is 4.64. The number of benzene rings is 6. The summed E-state index contributed by atoms with van der Waals surface area (Å²) in [5.74, 6) is 0. The quantitative estimate of drug-likeness (QED) is 0.227. The molecule has 0 unspecified atom stereocenters. The van der Waals surface area contributed by atoms with Gasteiger partial charge in [0.25, 0.3) is 0 Å². The highest BCUT2D eigenvalue weighted by atomic mass is 15.0. The third-order valence-electron chi connectivity index (χ3n) is 8.19. The molecule has 0 N–H and O–H groups in total. The Morgan fingerprint density at radius 1 is 0.429 bits per heavy atom. The molecule has 0 radical (unpaired) electrons. The monoisotopic (exact) mass is 534 g/mol. The molecule has 2 aromatic heterocycles. The minimum Gasteiger partial charge on any atom is -0.309 e. The average Bonchev–Trinajstić information content (AvgIpc) is 3.56. The first-order valence-corrected chi connectivity index (χ1v) is 13.8. The Balaban J connectivity index is 1.44. The van der Waals surface area contributed by atoms with Crippen LogP contribution in [0.3, 0.4) is 0 Å². The molecule has 0 amide bonds. The van der Waals surface area contributed by atoms with Crippen LogP contribution in [0.4, 0.5) is 0 Å². The number of rotatable bonds is 3. The minimum absolute atomic E-state index is 0.644. The molecule has 0 bridgehead atoms. The van der Waals surface area contributed by atoms with E-state index in [4.69, 9.17) is 0 Å². The highest BCUT2D eigenvalue weighted by Crippen LogP contribution is 2.39. The van der Waals surface area contributed by atoms with E-state index in [1.54, 1.807) is 0 Å². The predicted molar refractivity (Wildman–Crippen MR) is 170 cm³/mol. The zero-order valence-corrected chi connectivity index (χ0v) is 22.5. The Hall–Kier alpha value is -6.10. The molecule has 0 aliphatic heterocycles. The molecule has 4 heteroatoms. The van der Waals surface area contributed by atoms with Crippen molar-refractivity contribution in [1.82, 2.24) is 9.13 Å². The molecule has 0 atom stereocenters. The topological polar surface area (TPSA) is 57.4 Å². The summed E-state index contributed by atoms with van der Waals surface area (Å²) in [6.07, 6.45) is 0. The zero-order valence-electron chi connectivity index (χ0n) is 22.5. The van der Waals surface area contributed by atoms with Crippen molar-refractivity contribution < 1.29 is 0 Å². The molecule has 4 nitrogen and oxygen atoms in total. The summed E-state index contributed by atoms with van der Waals surface area (Å²) in [6, 6.07) is 50.2. The van der Waals surface area contributed by atoms with Crippen LogP contribution in [-0.2, 0) is 0 Å². The van der Waals surface area contributed by atoms with E-state index < -0.39 is 0 Å². The Kier molecular flexibility index (Phi) is 5.22. The first-order chi connectivity index (χ1) is 20.7. The van der Waals surface area contributed by atoms with Gasteiger partial charge in [0, 0.05) is 32.8 Å². The fourth-order valence-corrected chi connectivity index (χ4v) is 6.32. The number of hydrogen-bond acceptors (Lipinski definition) is 2.